The lowest BCUT2D eigenvalue weighted by Gasteiger charge is -2.35. The van der Waals surface area contributed by atoms with Crippen LogP contribution in [0.5, 0.6) is 17.2 Å². The van der Waals surface area contributed by atoms with Gasteiger partial charge in [0.15, 0.2) is 12.3 Å². The molecule has 19 nitrogen and oxygen atoms in total. The Labute approximate surface area is 382 Å². The molecule has 2 heterocycles. The summed E-state index contributed by atoms with van der Waals surface area (Å²) in [4.78, 5) is 31.0. The van der Waals surface area contributed by atoms with Gasteiger partial charge in [0, 0.05) is 91.7 Å². The second kappa shape index (κ2) is 26.4. The number of aromatic hydroxyl groups is 3. The fraction of sp³-hybridized carbons (Fsp3) is 0.565. The Morgan fingerprint density at radius 3 is 0.908 bits per heavy atom. The van der Waals surface area contributed by atoms with Crippen molar-refractivity contribution in [3.63, 3.8) is 0 Å². The molecule has 0 saturated carbocycles. The Hall–Kier alpha value is -4.80. The van der Waals surface area contributed by atoms with Crippen LogP contribution in [0.15, 0.2) is 36.4 Å². The van der Waals surface area contributed by atoms with Crippen LogP contribution in [0.4, 0.5) is 9.59 Å². The molecule has 4 amide bonds. The average molecular weight is 919 g/mol. The summed E-state index contributed by atoms with van der Waals surface area (Å²) in [5.74, 6) is 0.140. The Morgan fingerprint density at radius 1 is 0.446 bits per heavy atom. The number of carbonyl (C=O) groups is 2. The van der Waals surface area contributed by atoms with Gasteiger partial charge >= 0.3 is 12.1 Å². The van der Waals surface area contributed by atoms with Crippen LogP contribution in [0.1, 0.15) is 70.8 Å². The molecule has 2 aliphatic rings. The van der Waals surface area contributed by atoms with E-state index in [0.717, 1.165) is 16.7 Å². The topological polar surface area (TPSA) is 233 Å². The zero-order valence-electron chi connectivity index (χ0n) is 39.5. The molecule has 0 aromatic heterocycles. The van der Waals surface area contributed by atoms with Crippen LogP contribution in [-0.4, -0.2) is 171 Å². The molecule has 65 heavy (non-hydrogen) atoms. The lowest BCUT2D eigenvalue weighted by Crippen LogP contribution is -2.48. The van der Waals surface area contributed by atoms with Crippen LogP contribution in [0.2, 0.25) is 0 Å². The molecule has 2 fully saturated rings. The molecule has 3 aromatic rings. The summed E-state index contributed by atoms with van der Waals surface area (Å²) in [5, 5.41) is 62.2. The number of nitrogens with zero attached hydrogens (tertiary/aromatic N) is 4. The maximum atomic E-state index is 12.6. The summed E-state index contributed by atoms with van der Waals surface area (Å²) < 4.78 is 36.5. The molecule has 2 aliphatic heterocycles. The first-order valence-corrected chi connectivity index (χ1v) is 21.3. The zero-order chi connectivity index (χ0) is 48.4. The quantitative estimate of drug-likeness (QED) is 0.0744. The summed E-state index contributed by atoms with van der Waals surface area (Å²) in [6.45, 7) is 6.15. The molecule has 0 aliphatic carbocycles. The molecule has 1 atom stereocenters. The summed E-state index contributed by atoms with van der Waals surface area (Å²) in [5.41, 5.74) is 4.58. The van der Waals surface area contributed by atoms with Crippen molar-refractivity contribution in [1.29, 1.82) is 0 Å². The first-order chi connectivity index (χ1) is 31.3. The van der Waals surface area contributed by atoms with Crippen molar-refractivity contribution in [1.82, 2.24) is 19.6 Å². The van der Waals surface area contributed by atoms with Crippen LogP contribution < -0.4 is 0 Å². The molecule has 5 rings (SSSR count). The van der Waals surface area contributed by atoms with E-state index in [2.05, 4.69) is 0 Å². The van der Waals surface area contributed by atoms with Crippen molar-refractivity contribution in [2.24, 2.45) is 0 Å². The van der Waals surface area contributed by atoms with E-state index in [9.17, 15) is 40.2 Å². The maximum absolute atomic E-state index is 12.6. The van der Waals surface area contributed by atoms with E-state index in [1.54, 1.807) is 14.2 Å². The molecule has 0 bridgehead atoms. The van der Waals surface area contributed by atoms with E-state index in [0.29, 0.717) is 33.4 Å². The number of fused-ring (bicyclic) bond motifs is 1. The normalized spacial score (nSPS) is 16.6. The minimum absolute atomic E-state index is 0.0248. The number of phenols is 3. The number of hydrogen-bond acceptors (Lipinski definition) is 15. The Kier molecular flexibility index (Phi) is 22.1. The number of amides is 4. The van der Waals surface area contributed by atoms with Crippen LogP contribution in [0.3, 0.4) is 0 Å². The van der Waals surface area contributed by atoms with Crippen LogP contribution in [0, 0.1) is 0 Å². The van der Waals surface area contributed by atoms with Gasteiger partial charge < -0.3 is 63.8 Å². The fourth-order valence-electron chi connectivity index (χ4n) is 8.22. The number of rotatable bonds is 23. The van der Waals surface area contributed by atoms with Gasteiger partial charge in [-0.3, -0.25) is 19.6 Å². The third-order valence-corrected chi connectivity index (χ3v) is 11.2. The van der Waals surface area contributed by atoms with Gasteiger partial charge in [0.25, 0.3) is 0 Å². The lowest BCUT2D eigenvalue weighted by atomic mass is 9.68. The second-order valence-corrected chi connectivity index (χ2v) is 15.2. The van der Waals surface area contributed by atoms with Crippen LogP contribution >= 0.6 is 0 Å². The Morgan fingerprint density at radius 2 is 0.677 bits per heavy atom. The average Bonchev–Trinajstić information content (AvgIpc) is 3.71. The maximum Gasteiger partial charge on any atom is 0.327 e. The minimum atomic E-state index is -0.957. The number of hydrogen-bond donors (Lipinski definition) is 6. The monoisotopic (exact) mass is 918 g/mol. The molecule has 6 N–H and O–H groups in total. The van der Waals surface area contributed by atoms with E-state index < -0.39 is 17.7 Å². The first-order valence-electron chi connectivity index (χ1n) is 21.3. The number of aliphatic hydroxyl groups is 3. The molecule has 1 unspecified atom stereocenters. The van der Waals surface area contributed by atoms with Gasteiger partial charge in [-0.1, -0.05) is 32.0 Å². The molecule has 2 saturated heterocycles. The third kappa shape index (κ3) is 12.0. The van der Waals surface area contributed by atoms with Crippen molar-refractivity contribution in [3.05, 3.63) is 86.5 Å². The molecule has 19 heteroatoms. The van der Waals surface area contributed by atoms with Crippen LogP contribution in [-0.2, 0) is 77.7 Å². The van der Waals surface area contributed by atoms with Crippen molar-refractivity contribution >= 4 is 12.1 Å². The number of methoxy groups -OCH3 is 7. The SMILES string of the molecule is CC.COCN1C(=O)N(COC)C2C1N(COC)C(=O)N2COC.COCc1cc(C(C)(c2cc(CCO)c(O)c(CCO)c2)c2cc(COC)c(O)c(COC)c2)cc(CCO)c1O. The van der Waals surface area contributed by atoms with Gasteiger partial charge in [0.1, 0.15) is 44.2 Å². The van der Waals surface area contributed by atoms with Crippen molar-refractivity contribution < 1.29 is 73.4 Å². The summed E-state index contributed by atoms with van der Waals surface area (Å²) >= 11 is 0. The van der Waals surface area contributed by atoms with Gasteiger partial charge in [-0.05, 0) is 77.8 Å². The standard InChI is InChI=1S/C32H42O9.C12H22N4O6.C2H6/c1-32(26-11-20(5-8-33)29(36)21(12-26)6-9-34,27-13-22(7-10-35)30(37)23(14-27)17-39-2)28-15-24(18-40-3)31(38)25(16-28)19-41-4;1-19-5-13-9-10(15(7-21-3)11(13)17)16(8-22-4)12(18)14(9)6-20-2;1-2/h11-16,33-38H,5-10,17-19H2,1-4H3;9-10H,5-8H2,1-4H3;1-2H3. The summed E-state index contributed by atoms with van der Waals surface area (Å²) in [6.07, 6.45) is -0.426. The predicted molar refractivity (Wildman–Crippen MR) is 239 cm³/mol. The molecule has 3 aromatic carbocycles. The van der Waals surface area contributed by atoms with Crippen LogP contribution in [0.25, 0.3) is 0 Å². The fourth-order valence-corrected chi connectivity index (χ4v) is 8.22. The number of benzene rings is 3. The molecular weight excluding hydrogens is 849 g/mol. The predicted octanol–water partition coefficient (Wildman–Crippen LogP) is 3.76. The highest BCUT2D eigenvalue weighted by Gasteiger charge is 2.59. The number of phenolic OH excluding ortho intramolecular Hbond substituents is 3. The van der Waals surface area contributed by atoms with Gasteiger partial charge in [-0.15, -0.1) is 0 Å². The number of urea groups is 2. The lowest BCUT2D eigenvalue weighted by molar-refractivity contribution is -0.0135. The summed E-state index contributed by atoms with van der Waals surface area (Å²) in [7, 11) is 10.6. The highest BCUT2D eigenvalue weighted by atomic mass is 16.5. The molecule has 364 valence electrons. The number of ether oxygens (including phenoxy) is 7. The second-order valence-electron chi connectivity index (χ2n) is 15.2. The smallest absolute Gasteiger partial charge is 0.327 e. The van der Waals surface area contributed by atoms with Gasteiger partial charge in [0.2, 0.25) is 0 Å². The number of aliphatic hydroxyl groups excluding tert-OH is 3. The van der Waals surface area contributed by atoms with Gasteiger partial charge in [-0.2, -0.15) is 0 Å². The van der Waals surface area contributed by atoms with Crippen molar-refractivity contribution in [2.45, 2.75) is 77.6 Å². The van der Waals surface area contributed by atoms with E-state index in [1.165, 1.54) is 55.1 Å². The Balaban J connectivity index is 0.000000392. The van der Waals surface area contributed by atoms with Gasteiger partial charge in [0.05, 0.1) is 19.8 Å². The van der Waals surface area contributed by atoms with Gasteiger partial charge in [-0.25, -0.2) is 9.59 Å². The minimum Gasteiger partial charge on any atom is -0.507 e. The van der Waals surface area contributed by atoms with E-state index in [-0.39, 0.29) is 115 Å². The van der Waals surface area contributed by atoms with E-state index in [4.69, 9.17) is 33.2 Å². The third-order valence-electron chi connectivity index (χ3n) is 11.2. The molecule has 0 radical (unpaired) electrons. The van der Waals surface area contributed by atoms with Crippen molar-refractivity contribution in [2.75, 3.05) is 96.5 Å². The Bertz CT molecular complexity index is 1670. The van der Waals surface area contributed by atoms with E-state index >= 15 is 0 Å². The molecule has 0 spiro atoms. The highest BCUT2D eigenvalue weighted by Crippen LogP contribution is 2.46. The summed E-state index contributed by atoms with van der Waals surface area (Å²) in [6, 6.07) is 10.5. The van der Waals surface area contributed by atoms with E-state index in [1.807, 2.05) is 57.2 Å². The zero-order valence-corrected chi connectivity index (χ0v) is 39.5. The largest absolute Gasteiger partial charge is 0.507 e. The van der Waals surface area contributed by atoms with Crippen molar-refractivity contribution in [3.8, 4) is 17.2 Å². The number of carbonyl (C=O) groups excluding carboxylic acids is 2. The molecular formula is C46H70N4O15. The first kappa shape index (κ1) is 54.5. The highest BCUT2D eigenvalue weighted by molar-refractivity contribution is 5.85.